The number of hydrogen-bond donors (Lipinski definition) is 0. The van der Waals surface area contributed by atoms with Crippen LogP contribution in [0.25, 0.3) is 0 Å². The lowest BCUT2D eigenvalue weighted by atomic mass is 10.0. The van der Waals surface area contributed by atoms with Gasteiger partial charge in [0.25, 0.3) is 0 Å². The van der Waals surface area contributed by atoms with Crippen molar-refractivity contribution in [2.75, 3.05) is 13.2 Å². The molecule has 0 aromatic rings. The predicted octanol–water partition coefficient (Wildman–Crippen LogP) is 6.55. The molecule has 0 saturated carbocycles. The van der Waals surface area contributed by atoms with Gasteiger partial charge in [0, 0.05) is 6.42 Å². The Morgan fingerprint density at radius 2 is 1.48 bits per heavy atom. The highest BCUT2D eigenvalue weighted by atomic mass is 16.7. The summed E-state index contributed by atoms with van der Waals surface area (Å²) in [4.78, 5) is 11.5. The normalized spacial score (nSPS) is 22.3. The molecule has 2 unspecified atom stereocenters. The Bertz CT molecular complexity index is 371. The van der Waals surface area contributed by atoms with E-state index < -0.39 is 5.79 Å². The summed E-state index contributed by atoms with van der Waals surface area (Å²) >= 11 is 0. The number of hydrogen-bond acceptors (Lipinski definition) is 4. The third-order valence-electron chi connectivity index (χ3n) is 5.46. The molecule has 0 spiro atoms. The van der Waals surface area contributed by atoms with Crippen molar-refractivity contribution in [2.24, 2.45) is 0 Å². The highest BCUT2D eigenvalue weighted by Gasteiger charge is 2.37. The second-order valence-electron chi connectivity index (χ2n) is 8.17. The van der Waals surface area contributed by atoms with Crippen LogP contribution in [-0.2, 0) is 19.0 Å². The van der Waals surface area contributed by atoms with E-state index in [0.29, 0.717) is 26.1 Å². The maximum Gasteiger partial charge on any atom is 0.305 e. The Balaban J connectivity index is 1.92. The first kappa shape index (κ1) is 24.4. The van der Waals surface area contributed by atoms with Gasteiger partial charge in [0.15, 0.2) is 5.79 Å². The molecule has 0 aliphatic carbocycles. The molecule has 4 heteroatoms. The fourth-order valence-electron chi connectivity index (χ4n) is 3.74. The van der Waals surface area contributed by atoms with Gasteiger partial charge in [-0.15, -0.1) is 0 Å². The Hall–Kier alpha value is -0.610. The minimum Gasteiger partial charge on any atom is -0.466 e. The molecule has 0 amide bonds. The summed E-state index contributed by atoms with van der Waals surface area (Å²) in [6.07, 6.45) is 18.6. The van der Waals surface area contributed by atoms with Gasteiger partial charge in [-0.1, -0.05) is 84.0 Å². The number of ether oxygens (including phenoxy) is 3. The van der Waals surface area contributed by atoms with E-state index in [4.69, 9.17) is 14.2 Å². The van der Waals surface area contributed by atoms with E-state index in [1.165, 1.54) is 77.0 Å². The van der Waals surface area contributed by atoms with Crippen LogP contribution in [0.2, 0.25) is 0 Å². The smallest absolute Gasteiger partial charge is 0.305 e. The van der Waals surface area contributed by atoms with Crippen LogP contribution in [-0.4, -0.2) is 31.1 Å². The van der Waals surface area contributed by atoms with Gasteiger partial charge in [-0.05, 0) is 20.3 Å². The summed E-state index contributed by atoms with van der Waals surface area (Å²) in [5, 5.41) is 0. The lowest BCUT2D eigenvalue weighted by Crippen LogP contribution is -2.28. The molecular formula is C23H44O4. The topological polar surface area (TPSA) is 44.8 Å². The van der Waals surface area contributed by atoms with E-state index in [2.05, 4.69) is 6.92 Å². The molecule has 0 aromatic carbocycles. The third-order valence-corrected chi connectivity index (χ3v) is 5.46. The number of carbonyl (C=O) groups excluding carboxylic acids is 1. The molecule has 0 radical (unpaired) electrons. The van der Waals surface area contributed by atoms with Crippen molar-refractivity contribution >= 4 is 5.97 Å². The first-order chi connectivity index (χ1) is 13.1. The van der Waals surface area contributed by atoms with Crippen molar-refractivity contribution in [1.82, 2.24) is 0 Å². The fourth-order valence-corrected chi connectivity index (χ4v) is 3.74. The van der Waals surface area contributed by atoms with E-state index in [-0.39, 0.29) is 12.1 Å². The maximum atomic E-state index is 11.5. The minimum atomic E-state index is -0.617. The van der Waals surface area contributed by atoms with E-state index >= 15 is 0 Å². The fraction of sp³-hybridized carbons (Fsp3) is 0.957. The summed E-state index contributed by atoms with van der Waals surface area (Å²) in [6.45, 7) is 7.12. The average Bonchev–Trinajstić information content (AvgIpc) is 3.03. The molecule has 1 aliphatic heterocycles. The van der Waals surface area contributed by atoms with Gasteiger partial charge in [-0.25, -0.2) is 0 Å². The number of rotatable bonds is 17. The van der Waals surface area contributed by atoms with Gasteiger partial charge in [0.2, 0.25) is 0 Å². The Morgan fingerprint density at radius 3 is 2.04 bits per heavy atom. The molecule has 27 heavy (non-hydrogen) atoms. The molecule has 1 fully saturated rings. The molecule has 0 bridgehead atoms. The molecule has 1 saturated heterocycles. The lowest BCUT2D eigenvalue weighted by Gasteiger charge is -2.22. The highest BCUT2D eigenvalue weighted by Crippen LogP contribution is 2.30. The lowest BCUT2D eigenvalue weighted by molar-refractivity contribution is -0.168. The van der Waals surface area contributed by atoms with Gasteiger partial charge in [0.05, 0.1) is 25.7 Å². The summed E-state index contributed by atoms with van der Waals surface area (Å²) in [6, 6.07) is 0. The van der Waals surface area contributed by atoms with Crippen LogP contribution in [0.15, 0.2) is 0 Å². The van der Waals surface area contributed by atoms with Crippen molar-refractivity contribution in [1.29, 1.82) is 0 Å². The Morgan fingerprint density at radius 1 is 0.926 bits per heavy atom. The van der Waals surface area contributed by atoms with Crippen LogP contribution in [0, 0.1) is 0 Å². The van der Waals surface area contributed by atoms with Gasteiger partial charge in [-0.3, -0.25) is 4.79 Å². The van der Waals surface area contributed by atoms with Gasteiger partial charge >= 0.3 is 5.97 Å². The number of esters is 1. The largest absolute Gasteiger partial charge is 0.466 e. The molecular weight excluding hydrogens is 340 g/mol. The number of unbranched alkanes of at least 4 members (excludes halogenated alkanes) is 11. The molecule has 4 nitrogen and oxygen atoms in total. The van der Waals surface area contributed by atoms with E-state index in [9.17, 15) is 4.79 Å². The zero-order chi connectivity index (χ0) is 19.8. The van der Waals surface area contributed by atoms with Crippen LogP contribution in [0.4, 0.5) is 0 Å². The standard InChI is InChI=1S/C23H44O4/c1-4-6-7-8-9-10-11-12-13-14-15-16-17-21-20-26-23(3,27-21)19-18-22(24)25-5-2/h21H,4-20H2,1-3H3. The van der Waals surface area contributed by atoms with E-state index in [1.54, 1.807) is 0 Å². The Labute approximate surface area is 167 Å². The van der Waals surface area contributed by atoms with Gasteiger partial charge in [-0.2, -0.15) is 0 Å². The molecule has 0 aromatic heterocycles. The third kappa shape index (κ3) is 12.5. The van der Waals surface area contributed by atoms with Crippen LogP contribution in [0.1, 0.15) is 117 Å². The van der Waals surface area contributed by atoms with Crippen molar-refractivity contribution in [3.63, 3.8) is 0 Å². The molecule has 2 atom stereocenters. The highest BCUT2D eigenvalue weighted by molar-refractivity contribution is 5.69. The molecule has 0 N–H and O–H groups in total. The molecule has 1 aliphatic rings. The minimum absolute atomic E-state index is 0.171. The van der Waals surface area contributed by atoms with Crippen molar-refractivity contribution in [3.05, 3.63) is 0 Å². The van der Waals surface area contributed by atoms with E-state index in [1.807, 2.05) is 13.8 Å². The SMILES string of the molecule is CCCCCCCCCCCCCCC1COC(C)(CCC(=O)OCC)O1. The van der Waals surface area contributed by atoms with Crippen LogP contribution in [0.3, 0.4) is 0 Å². The second kappa shape index (κ2) is 15.3. The quantitative estimate of drug-likeness (QED) is 0.211. The summed E-state index contributed by atoms with van der Waals surface area (Å²) < 4.78 is 16.8. The maximum absolute atomic E-state index is 11.5. The summed E-state index contributed by atoms with van der Waals surface area (Å²) in [5.74, 6) is -0.787. The van der Waals surface area contributed by atoms with Gasteiger partial charge in [0.1, 0.15) is 0 Å². The second-order valence-corrected chi connectivity index (χ2v) is 8.17. The molecule has 1 rings (SSSR count). The first-order valence-corrected chi connectivity index (χ1v) is 11.6. The summed E-state index contributed by atoms with van der Waals surface area (Å²) in [7, 11) is 0. The monoisotopic (exact) mass is 384 g/mol. The predicted molar refractivity (Wildman–Crippen MR) is 111 cm³/mol. The van der Waals surface area contributed by atoms with Crippen LogP contribution < -0.4 is 0 Å². The molecule has 160 valence electrons. The first-order valence-electron chi connectivity index (χ1n) is 11.6. The van der Waals surface area contributed by atoms with E-state index in [0.717, 1.165) is 6.42 Å². The van der Waals surface area contributed by atoms with Crippen LogP contribution >= 0.6 is 0 Å². The van der Waals surface area contributed by atoms with Gasteiger partial charge < -0.3 is 14.2 Å². The number of carbonyl (C=O) groups is 1. The average molecular weight is 385 g/mol. The zero-order valence-corrected chi connectivity index (χ0v) is 18.2. The van der Waals surface area contributed by atoms with Crippen molar-refractivity contribution < 1.29 is 19.0 Å². The van der Waals surface area contributed by atoms with Crippen LogP contribution in [0.5, 0.6) is 0 Å². The van der Waals surface area contributed by atoms with Crippen molar-refractivity contribution in [2.45, 2.75) is 129 Å². The van der Waals surface area contributed by atoms with Crippen molar-refractivity contribution in [3.8, 4) is 0 Å². The zero-order valence-electron chi connectivity index (χ0n) is 18.2. The Kier molecular flexibility index (Phi) is 13.9. The summed E-state index contributed by atoms with van der Waals surface area (Å²) in [5.41, 5.74) is 0. The molecule has 1 heterocycles.